The topological polar surface area (TPSA) is 30.1 Å². The van der Waals surface area contributed by atoms with Gasteiger partial charge in [-0.15, -0.1) is 0 Å². The lowest BCUT2D eigenvalue weighted by molar-refractivity contribution is 0.475. The lowest BCUT2D eigenvalue weighted by Crippen LogP contribution is -2.15. The van der Waals surface area contributed by atoms with Gasteiger partial charge in [0.15, 0.2) is 0 Å². The van der Waals surface area contributed by atoms with Crippen molar-refractivity contribution in [3.63, 3.8) is 0 Å². The van der Waals surface area contributed by atoms with Crippen molar-refractivity contribution >= 4 is 45.0 Å². The number of aromatic nitrogens is 2. The zero-order valence-corrected chi connectivity index (χ0v) is 38.2. The summed E-state index contributed by atoms with van der Waals surface area (Å²) in [6, 6.07) is 42.9. The van der Waals surface area contributed by atoms with Crippen LogP contribution in [0.3, 0.4) is 0 Å². The van der Waals surface area contributed by atoms with Gasteiger partial charge in [-0.25, -0.2) is 0 Å². The molecule has 6 aromatic carbocycles. The van der Waals surface area contributed by atoms with Gasteiger partial charge in [0.1, 0.15) is 5.75 Å². The molecule has 2 aliphatic carbocycles. The van der Waals surface area contributed by atoms with Crippen LogP contribution in [-0.2, 0) is 21.7 Å². The maximum Gasteiger partial charge on any atom is 0.119 e. The lowest BCUT2D eigenvalue weighted by Gasteiger charge is -2.23. The summed E-state index contributed by atoms with van der Waals surface area (Å²) in [5.74, 6) is 0.171. The van der Waals surface area contributed by atoms with Gasteiger partial charge in [-0.3, -0.25) is 0 Å². The first-order valence-electron chi connectivity index (χ1n) is 21.0. The summed E-state index contributed by atoms with van der Waals surface area (Å²) in [5, 5.41) is 14.2. The summed E-state index contributed by atoms with van der Waals surface area (Å²) in [4.78, 5) is 0. The van der Waals surface area contributed by atoms with Gasteiger partial charge >= 0.3 is 0 Å². The van der Waals surface area contributed by atoms with Crippen molar-refractivity contribution in [1.29, 1.82) is 0 Å². The Hall–Kier alpha value is -5.22. The second-order valence-corrected chi connectivity index (χ2v) is 21.0. The molecule has 3 nitrogen and oxygen atoms in total. The molecule has 0 saturated carbocycles. The molecule has 0 unspecified atom stereocenters. The zero-order chi connectivity index (χ0) is 42.8. The molecule has 0 aliphatic heterocycles. The molecule has 0 atom stereocenters. The molecule has 10 rings (SSSR count). The highest BCUT2D eigenvalue weighted by atomic mass is 35.5. The Balaban J connectivity index is 0.000000154. The number of hydrogen-bond acceptors (Lipinski definition) is 1. The molecule has 0 fully saturated rings. The van der Waals surface area contributed by atoms with Crippen LogP contribution >= 0.6 is 23.2 Å². The molecule has 1 N–H and O–H groups in total. The number of phenolic OH excluding ortho intramolecular Hbond substituents is 1. The Morgan fingerprint density at radius 2 is 0.917 bits per heavy atom. The average molecular weight is 830 g/mol. The number of aryl methyl sites for hydroxylation is 1. The van der Waals surface area contributed by atoms with Crippen LogP contribution in [0.2, 0.25) is 10.0 Å². The van der Waals surface area contributed by atoms with Crippen LogP contribution in [0.25, 0.3) is 55.7 Å². The standard InChI is InChI=1S/C28H28ClN.C27H26ClNO/c1-17-13-19(29)16-20(14-17)30-24-12-11-18(27(2,3)4)15-22(24)25-26(30)21-9-7-8-10-23(21)28(25,5)6;1-26(2,3)16-10-11-23-21(12-16)24-25(20-8-6-7-9-22(20)27(24,4)5)29(23)18-13-17(28)14-19(30)15-18/h7-16H,1-6H3;6-15,30H,1-5H3. The van der Waals surface area contributed by atoms with Crippen molar-refractivity contribution in [2.75, 3.05) is 0 Å². The Morgan fingerprint density at radius 3 is 1.33 bits per heavy atom. The lowest BCUT2D eigenvalue weighted by atomic mass is 9.80. The minimum atomic E-state index is -0.118. The van der Waals surface area contributed by atoms with E-state index < -0.39 is 0 Å². The molecule has 2 heterocycles. The number of hydrogen-bond donors (Lipinski definition) is 1. The van der Waals surface area contributed by atoms with Gasteiger partial charge in [0.05, 0.1) is 28.1 Å². The summed E-state index contributed by atoms with van der Waals surface area (Å²) in [7, 11) is 0. The van der Waals surface area contributed by atoms with E-state index in [1.165, 1.54) is 77.7 Å². The second-order valence-electron chi connectivity index (χ2n) is 20.1. The highest BCUT2D eigenvalue weighted by Crippen LogP contribution is 2.56. The monoisotopic (exact) mass is 828 g/mol. The van der Waals surface area contributed by atoms with Gasteiger partial charge < -0.3 is 14.2 Å². The average Bonchev–Trinajstić information content (AvgIpc) is 3.84. The Labute approximate surface area is 365 Å². The van der Waals surface area contributed by atoms with Gasteiger partial charge in [0.2, 0.25) is 0 Å². The van der Waals surface area contributed by atoms with Crippen LogP contribution < -0.4 is 0 Å². The van der Waals surface area contributed by atoms with Gasteiger partial charge in [-0.2, -0.15) is 0 Å². The zero-order valence-electron chi connectivity index (χ0n) is 36.6. The molecule has 0 spiro atoms. The first kappa shape index (κ1) is 40.2. The minimum Gasteiger partial charge on any atom is -0.508 e. The number of aromatic hydroxyl groups is 1. The van der Waals surface area contributed by atoms with Gasteiger partial charge in [0, 0.05) is 54.5 Å². The van der Waals surface area contributed by atoms with Gasteiger partial charge in [-0.05, 0) is 111 Å². The van der Waals surface area contributed by atoms with E-state index in [9.17, 15) is 5.11 Å². The molecule has 60 heavy (non-hydrogen) atoms. The normalized spacial score (nSPS) is 14.8. The fraction of sp³-hybridized carbons (Fsp3) is 0.273. The van der Waals surface area contributed by atoms with Crippen LogP contribution in [0, 0.1) is 6.92 Å². The van der Waals surface area contributed by atoms with Crippen molar-refractivity contribution in [2.45, 2.75) is 97.8 Å². The molecule has 5 heteroatoms. The molecule has 2 aliphatic rings. The molecule has 0 saturated heterocycles. The first-order valence-corrected chi connectivity index (χ1v) is 21.8. The third-order valence-corrected chi connectivity index (χ3v) is 13.5. The van der Waals surface area contributed by atoms with Gasteiger partial charge in [-0.1, -0.05) is 153 Å². The summed E-state index contributed by atoms with van der Waals surface area (Å²) < 4.78 is 4.68. The summed E-state index contributed by atoms with van der Waals surface area (Å²) in [6.45, 7) is 25.0. The van der Waals surface area contributed by atoms with E-state index in [0.29, 0.717) is 5.02 Å². The highest BCUT2D eigenvalue weighted by molar-refractivity contribution is 6.31. The second kappa shape index (κ2) is 13.6. The number of nitrogens with zero attached hydrogens (tertiary/aromatic N) is 2. The summed E-state index contributed by atoms with van der Waals surface area (Å²) >= 11 is 12.8. The molecule has 2 aromatic heterocycles. The third-order valence-electron chi connectivity index (χ3n) is 13.0. The molecule has 8 aromatic rings. The fourth-order valence-corrected chi connectivity index (χ4v) is 10.6. The van der Waals surface area contributed by atoms with Crippen molar-refractivity contribution in [2.24, 2.45) is 0 Å². The van der Waals surface area contributed by atoms with Crippen LogP contribution in [0.5, 0.6) is 5.75 Å². The quantitative estimate of drug-likeness (QED) is 0.185. The van der Waals surface area contributed by atoms with Crippen LogP contribution in [0.4, 0.5) is 0 Å². The van der Waals surface area contributed by atoms with Crippen molar-refractivity contribution in [1.82, 2.24) is 9.13 Å². The van der Waals surface area contributed by atoms with E-state index in [1.54, 1.807) is 12.1 Å². The van der Waals surface area contributed by atoms with E-state index in [1.807, 2.05) is 12.1 Å². The predicted octanol–water partition coefficient (Wildman–Crippen LogP) is 15.8. The van der Waals surface area contributed by atoms with Crippen molar-refractivity contribution in [3.8, 4) is 39.6 Å². The molecular weight excluding hydrogens is 776 g/mol. The molecule has 0 bridgehead atoms. The molecule has 304 valence electrons. The SMILES string of the molecule is CC(C)(C)c1ccc2c(c1)c1c(n2-c2cc(O)cc(Cl)c2)-c2ccccc2C1(C)C.Cc1cc(Cl)cc(-n2c3c(c4cc(C(C)(C)C)ccc42)C(C)(C)c2ccccc2-3)c1. The Bertz CT molecular complexity index is 2800. The number of rotatable bonds is 2. The van der Waals surface area contributed by atoms with E-state index in [0.717, 1.165) is 21.9 Å². The number of benzene rings is 6. The minimum absolute atomic E-state index is 0.0560. The highest BCUT2D eigenvalue weighted by Gasteiger charge is 2.42. The molecule has 0 amide bonds. The summed E-state index contributed by atoms with van der Waals surface area (Å²) in [6.07, 6.45) is 0. The fourth-order valence-electron chi connectivity index (χ4n) is 10.1. The summed E-state index contributed by atoms with van der Waals surface area (Å²) in [5.41, 5.74) is 18.8. The van der Waals surface area contributed by atoms with E-state index in [4.69, 9.17) is 23.2 Å². The first-order chi connectivity index (χ1) is 28.2. The Morgan fingerprint density at radius 1 is 0.500 bits per heavy atom. The van der Waals surface area contributed by atoms with E-state index in [2.05, 4.69) is 182 Å². The van der Waals surface area contributed by atoms with Crippen LogP contribution in [-0.4, -0.2) is 14.2 Å². The maximum atomic E-state index is 10.3. The van der Waals surface area contributed by atoms with Crippen LogP contribution in [0.15, 0.2) is 121 Å². The smallest absolute Gasteiger partial charge is 0.119 e. The maximum absolute atomic E-state index is 10.3. The number of phenols is 1. The van der Waals surface area contributed by atoms with E-state index in [-0.39, 0.29) is 27.4 Å². The number of halogens is 2. The molecular formula is C55H54Cl2N2O. The van der Waals surface area contributed by atoms with Crippen molar-refractivity contribution < 1.29 is 5.11 Å². The molecule has 0 radical (unpaired) electrons. The van der Waals surface area contributed by atoms with Crippen LogP contribution in [0.1, 0.15) is 108 Å². The Kier molecular flexibility index (Phi) is 9.14. The van der Waals surface area contributed by atoms with E-state index >= 15 is 0 Å². The largest absolute Gasteiger partial charge is 0.508 e. The predicted molar refractivity (Wildman–Crippen MR) is 255 cm³/mol. The third kappa shape index (κ3) is 6.22. The van der Waals surface area contributed by atoms with Gasteiger partial charge in [0.25, 0.3) is 0 Å². The van der Waals surface area contributed by atoms with Crippen molar-refractivity contribution in [3.05, 3.63) is 170 Å². The number of fused-ring (bicyclic) bond motifs is 10.